The first-order valence-electron chi connectivity index (χ1n) is 14.3. The molecule has 1 N–H and O–H groups in total. The number of nitrogens with one attached hydrogen (secondary N) is 1. The standard InChI is InChI=1S/C34H31F3N4O2/c1-23-32(31-21-28(17-20-41(31)39-23)25-5-3-2-4-6-25)33(42)38-22-24-7-11-29(12-8-24)40-18-15-27(16-19-40)26-9-13-30(14-10-26)43-34(35,36)37/h2-14,17,20-21,27H,15-16,18-19,22H2,1H3,(H,38,42). The topological polar surface area (TPSA) is 58.9 Å². The Morgan fingerprint density at radius 2 is 1.63 bits per heavy atom. The maximum absolute atomic E-state index is 13.3. The monoisotopic (exact) mass is 584 g/mol. The maximum Gasteiger partial charge on any atom is 0.573 e. The molecule has 1 saturated heterocycles. The number of hydrogen-bond acceptors (Lipinski definition) is 4. The van der Waals surface area contributed by atoms with Crippen LogP contribution >= 0.6 is 0 Å². The van der Waals surface area contributed by atoms with Gasteiger partial charge in [-0.1, -0.05) is 54.6 Å². The lowest BCUT2D eigenvalue weighted by molar-refractivity contribution is -0.274. The van der Waals surface area contributed by atoms with Crippen LogP contribution in [0.15, 0.2) is 97.2 Å². The highest BCUT2D eigenvalue weighted by molar-refractivity contribution is 6.02. The van der Waals surface area contributed by atoms with Crippen molar-refractivity contribution < 1.29 is 22.7 Å². The van der Waals surface area contributed by atoms with E-state index in [-0.39, 0.29) is 17.6 Å². The maximum atomic E-state index is 13.3. The molecule has 0 radical (unpaired) electrons. The smallest absolute Gasteiger partial charge is 0.406 e. The molecule has 6 nitrogen and oxygen atoms in total. The van der Waals surface area contributed by atoms with Gasteiger partial charge in [-0.05, 0) is 84.3 Å². The molecule has 0 spiro atoms. The summed E-state index contributed by atoms with van der Waals surface area (Å²) in [5.74, 6) is -0.0735. The summed E-state index contributed by atoms with van der Waals surface area (Å²) in [6.07, 6.45) is -0.994. The fourth-order valence-electron chi connectivity index (χ4n) is 5.76. The Kier molecular flexibility index (Phi) is 7.80. The SMILES string of the molecule is Cc1nn2ccc(-c3ccccc3)cc2c1C(=O)NCc1ccc(N2CCC(c3ccc(OC(F)(F)F)cc3)CC2)cc1. The van der Waals surface area contributed by atoms with Crippen molar-refractivity contribution in [2.75, 3.05) is 18.0 Å². The zero-order valence-electron chi connectivity index (χ0n) is 23.6. The first-order valence-corrected chi connectivity index (χ1v) is 14.3. The summed E-state index contributed by atoms with van der Waals surface area (Å²) in [6, 6.07) is 28.4. The summed E-state index contributed by atoms with van der Waals surface area (Å²) < 4.78 is 43.0. The Hall–Kier alpha value is -4.79. The van der Waals surface area contributed by atoms with Gasteiger partial charge in [-0.2, -0.15) is 5.10 Å². The number of aromatic nitrogens is 2. The number of pyridine rings is 1. The zero-order chi connectivity index (χ0) is 30.0. The lowest BCUT2D eigenvalue weighted by Crippen LogP contribution is -2.32. The molecule has 1 aliphatic heterocycles. The first-order chi connectivity index (χ1) is 20.7. The predicted molar refractivity (Wildman–Crippen MR) is 160 cm³/mol. The number of rotatable bonds is 7. The number of hydrogen-bond donors (Lipinski definition) is 1. The van der Waals surface area contributed by atoms with Crippen LogP contribution in [0.25, 0.3) is 16.6 Å². The molecule has 43 heavy (non-hydrogen) atoms. The molecule has 0 atom stereocenters. The first kappa shape index (κ1) is 28.3. The van der Waals surface area contributed by atoms with Gasteiger partial charge in [0.05, 0.1) is 16.8 Å². The molecule has 1 amide bonds. The molecule has 1 fully saturated rings. The number of carbonyl (C=O) groups is 1. The normalized spacial score (nSPS) is 14.2. The van der Waals surface area contributed by atoms with Crippen molar-refractivity contribution in [1.82, 2.24) is 14.9 Å². The highest BCUT2D eigenvalue weighted by Gasteiger charge is 2.31. The Morgan fingerprint density at radius 3 is 2.30 bits per heavy atom. The van der Waals surface area contributed by atoms with E-state index in [1.54, 1.807) is 16.6 Å². The van der Waals surface area contributed by atoms with E-state index in [1.165, 1.54) is 12.1 Å². The molecular weight excluding hydrogens is 553 g/mol. The average Bonchev–Trinajstić information content (AvgIpc) is 3.35. The third kappa shape index (κ3) is 6.51. The van der Waals surface area contributed by atoms with Crippen LogP contribution in [0, 0.1) is 6.92 Å². The molecule has 0 aliphatic carbocycles. The van der Waals surface area contributed by atoms with Crippen LogP contribution in [0.4, 0.5) is 18.9 Å². The van der Waals surface area contributed by atoms with Gasteiger partial charge >= 0.3 is 6.36 Å². The zero-order valence-corrected chi connectivity index (χ0v) is 23.6. The number of alkyl halides is 3. The Balaban J connectivity index is 1.05. The molecule has 5 aromatic rings. The molecule has 0 bridgehead atoms. The second-order valence-corrected chi connectivity index (χ2v) is 10.8. The summed E-state index contributed by atoms with van der Waals surface area (Å²) in [5, 5.41) is 7.59. The van der Waals surface area contributed by atoms with Crippen molar-refractivity contribution in [2.24, 2.45) is 0 Å². The van der Waals surface area contributed by atoms with Gasteiger partial charge in [0, 0.05) is 31.5 Å². The van der Waals surface area contributed by atoms with E-state index in [0.29, 0.717) is 17.8 Å². The number of fused-ring (bicyclic) bond motifs is 1. The van der Waals surface area contributed by atoms with Crippen LogP contribution in [0.5, 0.6) is 5.75 Å². The Bertz CT molecular complexity index is 1710. The van der Waals surface area contributed by atoms with Crippen molar-refractivity contribution in [3.63, 3.8) is 0 Å². The largest absolute Gasteiger partial charge is 0.573 e. The number of nitrogens with zero attached hydrogens (tertiary/aromatic N) is 3. The molecule has 0 unspecified atom stereocenters. The van der Waals surface area contributed by atoms with Crippen molar-refractivity contribution in [1.29, 1.82) is 0 Å². The molecule has 220 valence electrons. The van der Waals surface area contributed by atoms with Gasteiger partial charge in [-0.25, -0.2) is 4.52 Å². The van der Waals surface area contributed by atoms with Crippen LogP contribution in [0.2, 0.25) is 0 Å². The Labute approximate surface area is 247 Å². The molecule has 9 heteroatoms. The summed E-state index contributed by atoms with van der Waals surface area (Å²) in [4.78, 5) is 15.6. The number of aryl methyl sites for hydroxylation is 1. The minimum absolute atomic E-state index is 0.165. The van der Waals surface area contributed by atoms with Gasteiger partial charge in [0.15, 0.2) is 0 Å². The van der Waals surface area contributed by atoms with Gasteiger partial charge in [0.1, 0.15) is 5.75 Å². The van der Waals surface area contributed by atoms with E-state index in [1.807, 2.05) is 67.7 Å². The van der Waals surface area contributed by atoms with Gasteiger partial charge in [-0.3, -0.25) is 4.79 Å². The van der Waals surface area contributed by atoms with E-state index in [2.05, 4.69) is 32.2 Å². The summed E-state index contributed by atoms with van der Waals surface area (Å²) in [5.41, 5.74) is 7.23. The fraction of sp³-hybridized carbons (Fsp3) is 0.235. The minimum Gasteiger partial charge on any atom is -0.406 e. The lowest BCUT2D eigenvalue weighted by Gasteiger charge is -2.34. The molecule has 1 aliphatic rings. The van der Waals surface area contributed by atoms with Crippen molar-refractivity contribution >= 4 is 17.1 Å². The van der Waals surface area contributed by atoms with E-state index in [0.717, 1.165) is 59.4 Å². The molecule has 6 rings (SSSR count). The summed E-state index contributed by atoms with van der Waals surface area (Å²) in [7, 11) is 0. The third-order valence-corrected chi connectivity index (χ3v) is 7.98. The van der Waals surface area contributed by atoms with Crippen LogP contribution in [-0.2, 0) is 6.54 Å². The van der Waals surface area contributed by atoms with E-state index in [4.69, 9.17) is 0 Å². The third-order valence-electron chi connectivity index (χ3n) is 7.98. The van der Waals surface area contributed by atoms with E-state index in [9.17, 15) is 18.0 Å². The molecular formula is C34H31F3N4O2. The number of amides is 1. The highest BCUT2D eigenvalue weighted by atomic mass is 19.4. The average molecular weight is 585 g/mol. The number of benzene rings is 3. The summed E-state index contributed by atoms with van der Waals surface area (Å²) in [6.45, 7) is 3.94. The second-order valence-electron chi connectivity index (χ2n) is 10.8. The predicted octanol–water partition coefficient (Wildman–Crippen LogP) is 7.52. The van der Waals surface area contributed by atoms with Gasteiger partial charge in [0.25, 0.3) is 5.91 Å². The van der Waals surface area contributed by atoms with E-state index >= 15 is 0 Å². The molecule has 3 heterocycles. The van der Waals surface area contributed by atoms with Crippen LogP contribution in [0.1, 0.15) is 45.9 Å². The van der Waals surface area contributed by atoms with Crippen LogP contribution in [0.3, 0.4) is 0 Å². The van der Waals surface area contributed by atoms with Gasteiger partial charge < -0.3 is 15.0 Å². The highest BCUT2D eigenvalue weighted by Crippen LogP contribution is 2.32. The van der Waals surface area contributed by atoms with Crippen molar-refractivity contribution in [3.8, 4) is 16.9 Å². The van der Waals surface area contributed by atoms with Crippen molar-refractivity contribution in [2.45, 2.75) is 38.6 Å². The summed E-state index contributed by atoms with van der Waals surface area (Å²) >= 11 is 0. The lowest BCUT2D eigenvalue weighted by atomic mass is 9.89. The quantitative estimate of drug-likeness (QED) is 0.215. The second kappa shape index (κ2) is 11.8. The molecule has 2 aromatic heterocycles. The van der Waals surface area contributed by atoms with E-state index < -0.39 is 6.36 Å². The molecule has 0 saturated carbocycles. The number of carbonyl (C=O) groups excluding carboxylic acids is 1. The number of ether oxygens (including phenoxy) is 1. The number of halogens is 3. The number of anilines is 1. The van der Waals surface area contributed by atoms with Crippen LogP contribution in [-0.4, -0.2) is 35.0 Å². The fourth-order valence-corrected chi connectivity index (χ4v) is 5.76. The number of piperidine rings is 1. The minimum atomic E-state index is -4.69. The molecule has 3 aromatic carbocycles. The van der Waals surface area contributed by atoms with Crippen LogP contribution < -0.4 is 15.0 Å². The Morgan fingerprint density at radius 1 is 0.930 bits per heavy atom. The van der Waals surface area contributed by atoms with Gasteiger partial charge in [0.2, 0.25) is 0 Å². The van der Waals surface area contributed by atoms with Crippen molar-refractivity contribution in [3.05, 3.63) is 120 Å². The van der Waals surface area contributed by atoms with Gasteiger partial charge in [-0.15, -0.1) is 13.2 Å².